The van der Waals surface area contributed by atoms with Crippen molar-refractivity contribution in [2.24, 2.45) is 0 Å². The highest BCUT2D eigenvalue weighted by molar-refractivity contribution is 8.17. The van der Waals surface area contributed by atoms with E-state index in [1.54, 1.807) is 14.2 Å². The molecule has 0 unspecified atom stereocenters. The summed E-state index contributed by atoms with van der Waals surface area (Å²) in [5.74, 6) is 0.778. The quantitative estimate of drug-likeness (QED) is 0.689. The van der Waals surface area contributed by atoms with Crippen molar-refractivity contribution in [2.75, 3.05) is 33.1 Å². The van der Waals surface area contributed by atoms with Crippen LogP contribution in [0.3, 0.4) is 0 Å². The van der Waals surface area contributed by atoms with Gasteiger partial charge in [-0.05, 0) is 42.6 Å². The lowest BCUT2D eigenvalue weighted by Crippen LogP contribution is -2.61. The molecule has 3 aliphatic rings. The van der Waals surface area contributed by atoms with Crippen LogP contribution in [-0.4, -0.2) is 53.6 Å². The molecule has 0 radical (unpaired) electrons. The van der Waals surface area contributed by atoms with Crippen LogP contribution in [0, 0.1) is 0 Å². The van der Waals surface area contributed by atoms with E-state index in [1.165, 1.54) is 0 Å². The predicted molar refractivity (Wildman–Crippen MR) is 123 cm³/mol. The summed E-state index contributed by atoms with van der Waals surface area (Å²) in [4.78, 5) is 28.7. The van der Waals surface area contributed by atoms with Gasteiger partial charge in [-0.25, -0.2) is 0 Å². The Hall–Kier alpha value is -2.62. The number of hydrogen-bond acceptors (Lipinski definition) is 7. The lowest BCUT2D eigenvalue weighted by molar-refractivity contribution is -0.125. The molecule has 0 aliphatic carbocycles. The number of nitrogens with one attached hydrogen (secondary N) is 2. The third-order valence-electron chi connectivity index (χ3n) is 6.57. The molecule has 2 amide bonds. The number of rotatable bonds is 3. The highest BCUT2D eigenvalue weighted by atomic mass is 32.2. The molecule has 9 heteroatoms. The molecule has 2 saturated heterocycles. The van der Waals surface area contributed by atoms with Gasteiger partial charge >= 0.3 is 0 Å². The van der Waals surface area contributed by atoms with Gasteiger partial charge < -0.3 is 20.1 Å². The molecule has 0 aromatic heterocycles. The van der Waals surface area contributed by atoms with Crippen molar-refractivity contribution < 1.29 is 19.1 Å². The highest BCUT2D eigenvalue weighted by Gasteiger charge is 2.75. The van der Waals surface area contributed by atoms with E-state index in [9.17, 15) is 9.59 Å². The Balaban J connectivity index is 1.77. The Morgan fingerprint density at radius 2 is 1.84 bits per heavy atom. The van der Waals surface area contributed by atoms with Gasteiger partial charge in [0, 0.05) is 23.7 Å². The number of methoxy groups -OCH3 is 2. The smallest absolute Gasteiger partial charge is 0.284 e. The standard InChI is InChI=1S/C22H21N3O4S2/c1-25-11-14(12-8-9-16(28-2)17(10-12)29-3)22(19(30)24-20(27)31-22)21(25)13-6-4-5-7-15(13)23-18(21)26/h4-10,14H,11H2,1-3H3,(H,23,26)(H,24,27,30)/t14-,21+,22-/m1/s1. The summed E-state index contributed by atoms with van der Waals surface area (Å²) in [6.07, 6.45) is 0. The maximum absolute atomic E-state index is 13.7. The number of carbonyl (C=O) groups excluding carboxylic acids is 2. The third-order valence-corrected chi connectivity index (χ3v) is 8.51. The van der Waals surface area contributed by atoms with Gasteiger partial charge in [-0.2, -0.15) is 0 Å². The summed E-state index contributed by atoms with van der Waals surface area (Å²) in [6, 6.07) is 13.3. The number of ether oxygens (including phenoxy) is 2. The van der Waals surface area contributed by atoms with Gasteiger partial charge in [0.2, 0.25) is 0 Å². The van der Waals surface area contributed by atoms with Gasteiger partial charge in [-0.3, -0.25) is 14.5 Å². The van der Waals surface area contributed by atoms with Gasteiger partial charge in [0.15, 0.2) is 17.0 Å². The van der Waals surface area contributed by atoms with Gasteiger partial charge in [-0.1, -0.05) is 36.5 Å². The molecule has 31 heavy (non-hydrogen) atoms. The van der Waals surface area contributed by atoms with Crippen molar-refractivity contribution in [3.8, 4) is 11.5 Å². The van der Waals surface area contributed by atoms with Crippen LogP contribution in [0.5, 0.6) is 11.5 Å². The monoisotopic (exact) mass is 455 g/mol. The van der Waals surface area contributed by atoms with Crippen LogP contribution in [-0.2, 0) is 10.3 Å². The average molecular weight is 456 g/mol. The molecule has 2 fully saturated rings. The molecular formula is C22H21N3O4S2. The zero-order chi connectivity index (χ0) is 22.0. The molecule has 2 N–H and O–H groups in total. The molecule has 3 heterocycles. The van der Waals surface area contributed by atoms with Crippen molar-refractivity contribution in [2.45, 2.75) is 16.2 Å². The van der Waals surface area contributed by atoms with Crippen molar-refractivity contribution >= 4 is 45.8 Å². The minimum Gasteiger partial charge on any atom is -0.493 e. The van der Waals surface area contributed by atoms with Crippen LogP contribution in [0.4, 0.5) is 10.5 Å². The van der Waals surface area contributed by atoms with Crippen LogP contribution in [0.2, 0.25) is 0 Å². The van der Waals surface area contributed by atoms with Crippen molar-refractivity contribution in [3.63, 3.8) is 0 Å². The normalized spacial score (nSPS) is 29.4. The first-order chi connectivity index (χ1) is 14.9. The van der Waals surface area contributed by atoms with E-state index >= 15 is 0 Å². The van der Waals surface area contributed by atoms with Gasteiger partial charge in [0.25, 0.3) is 11.1 Å². The van der Waals surface area contributed by atoms with Crippen molar-refractivity contribution in [3.05, 3.63) is 53.6 Å². The maximum Gasteiger partial charge on any atom is 0.284 e. The minimum atomic E-state index is -1.12. The Kier molecular flexibility index (Phi) is 4.55. The summed E-state index contributed by atoms with van der Waals surface area (Å²) in [5.41, 5.74) is 1.37. The van der Waals surface area contributed by atoms with Crippen molar-refractivity contribution in [1.82, 2.24) is 10.2 Å². The molecule has 0 bridgehead atoms. The van der Waals surface area contributed by atoms with Crippen LogP contribution in [0.25, 0.3) is 0 Å². The van der Waals surface area contributed by atoms with E-state index in [4.69, 9.17) is 21.7 Å². The molecule has 2 aromatic carbocycles. The second-order valence-corrected chi connectivity index (χ2v) is 9.46. The second kappa shape index (κ2) is 6.94. The first kappa shape index (κ1) is 20.3. The van der Waals surface area contributed by atoms with E-state index in [-0.39, 0.29) is 17.1 Å². The summed E-state index contributed by atoms with van der Waals surface area (Å²) < 4.78 is 9.90. The summed E-state index contributed by atoms with van der Waals surface area (Å²) in [6.45, 7) is 0.527. The number of fused-ring (bicyclic) bond motifs is 3. The lowest BCUT2D eigenvalue weighted by Gasteiger charge is -2.42. The fraction of sp³-hybridized carbons (Fsp3) is 0.318. The van der Waals surface area contributed by atoms with E-state index in [2.05, 4.69) is 10.6 Å². The van der Waals surface area contributed by atoms with E-state index in [0.29, 0.717) is 23.0 Å². The zero-order valence-corrected chi connectivity index (χ0v) is 18.9. The Labute approximate surface area is 189 Å². The molecule has 2 aromatic rings. The van der Waals surface area contributed by atoms with E-state index in [0.717, 1.165) is 28.6 Å². The Morgan fingerprint density at radius 3 is 2.52 bits per heavy atom. The van der Waals surface area contributed by atoms with Crippen LogP contribution < -0.4 is 20.1 Å². The molecule has 7 nitrogen and oxygen atoms in total. The first-order valence-corrected chi connectivity index (χ1v) is 11.0. The highest BCUT2D eigenvalue weighted by Crippen LogP contribution is 2.64. The molecule has 2 spiro atoms. The number of nitrogens with zero attached hydrogens (tertiary/aromatic N) is 1. The van der Waals surface area contributed by atoms with Gasteiger partial charge in [-0.15, -0.1) is 0 Å². The number of likely N-dealkylation sites (N-methyl/N-ethyl adjacent to an activating group) is 1. The molecule has 160 valence electrons. The lowest BCUT2D eigenvalue weighted by atomic mass is 9.72. The number of carbonyl (C=O) groups is 2. The number of likely N-dealkylation sites (tertiary alicyclic amines) is 1. The molecule has 3 atom stereocenters. The zero-order valence-electron chi connectivity index (χ0n) is 17.2. The maximum atomic E-state index is 13.7. The Morgan fingerprint density at radius 1 is 1.10 bits per heavy atom. The van der Waals surface area contributed by atoms with E-state index < -0.39 is 10.3 Å². The summed E-state index contributed by atoms with van der Waals surface area (Å²) in [5, 5.41) is 5.59. The summed E-state index contributed by atoms with van der Waals surface area (Å²) >= 11 is 6.90. The minimum absolute atomic E-state index is 0.175. The number of hydrogen-bond donors (Lipinski definition) is 2. The number of anilines is 1. The predicted octanol–water partition coefficient (Wildman–Crippen LogP) is 3.10. The van der Waals surface area contributed by atoms with Crippen LogP contribution in [0.15, 0.2) is 42.5 Å². The van der Waals surface area contributed by atoms with Gasteiger partial charge in [0.05, 0.1) is 14.2 Å². The topological polar surface area (TPSA) is 79.9 Å². The number of thiocarbonyl (C=S) groups is 1. The SMILES string of the molecule is COc1ccc([C@H]2CN(C)[C@@]3(C(=O)Nc4ccccc43)[C@@]23SC(=O)NC3=S)cc1OC. The van der Waals surface area contributed by atoms with Crippen LogP contribution in [0.1, 0.15) is 17.0 Å². The van der Waals surface area contributed by atoms with E-state index in [1.807, 2.05) is 54.4 Å². The largest absolute Gasteiger partial charge is 0.493 e. The Bertz CT molecular complexity index is 1140. The fourth-order valence-corrected chi connectivity index (χ4v) is 7.37. The fourth-order valence-electron chi connectivity index (χ4n) is 5.35. The molecular weight excluding hydrogens is 434 g/mol. The molecule has 5 rings (SSSR count). The number of benzene rings is 2. The average Bonchev–Trinajstić information content (AvgIpc) is 3.33. The first-order valence-electron chi connectivity index (χ1n) is 9.78. The molecule has 3 aliphatic heterocycles. The number of amides is 2. The van der Waals surface area contributed by atoms with Crippen LogP contribution >= 0.6 is 24.0 Å². The third kappa shape index (κ3) is 2.42. The second-order valence-electron chi connectivity index (χ2n) is 7.84. The van der Waals surface area contributed by atoms with Crippen molar-refractivity contribution in [1.29, 1.82) is 0 Å². The molecule has 0 saturated carbocycles. The number of thioether (sulfide) groups is 1. The number of para-hydroxylation sites is 1. The van der Waals surface area contributed by atoms with Gasteiger partial charge in [0.1, 0.15) is 9.74 Å². The summed E-state index contributed by atoms with van der Waals surface area (Å²) in [7, 11) is 5.08.